The molecule has 0 saturated carbocycles. The van der Waals surface area contributed by atoms with Crippen LogP contribution in [0.3, 0.4) is 0 Å². The molecule has 0 radical (unpaired) electrons. The second kappa shape index (κ2) is 10.1. The van der Waals surface area contributed by atoms with Gasteiger partial charge in [-0.25, -0.2) is 4.79 Å². The molecule has 30 heavy (non-hydrogen) atoms. The van der Waals surface area contributed by atoms with E-state index in [1.807, 2.05) is 44.2 Å². The van der Waals surface area contributed by atoms with Crippen LogP contribution in [0.1, 0.15) is 51.3 Å². The van der Waals surface area contributed by atoms with E-state index in [0.717, 1.165) is 35.4 Å². The van der Waals surface area contributed by atoms with Crippen molar-refractivity contribution in [1.82, 2.24) is 9.55 Å². The Balaban J connectivity index is 0.00000155. The maximum atomic E-state index is 12.3. The summed E-state index contributed by atoms with van der Waals surface area (Å²) in [5.74, 6) is 0.852. The maximum Gasteiger partial charge on any atom is 0.332 e. The van der Waals surface area contributed by atoms with Crippen LogP contribution in [0.4, 0.5) is 0 Å². The highest BCUT2D eigenvalue weighted by Crippen LogP contribution is 2.36. The molecule has 0 amide bonds. The Labute approximate surface area is 178 Å². The number of H-pyrrole nitrogens is 1. The van der Waals surface area contributed by atoms with E-state index in [1.54, 1.807) is 7.11 Å². The van der Waals surface area contributed by atoms with Crippen molar-refractivity contribution in [3.05, 3.63) is 92.3 Å². The van der Waals surface area contributed by atoms with Gasteiger partial charge >= 0.3 is 5.69 Å². The van der Waals surface area contributed by atoms with Crippen molar-refractivity contribution < 1.29 is 4.74 Å². The highest BCUT2D eigenvalue weighted by Gasteiger charge is 2.23. The van der Waals surface area contributed by atoms with Gasteiger partial charge in [-0.3, -0.25) is 14.3 Å². The summed E-state index contributed by atoms with van der Waals surface area (Å²) in [4.78, 5) is 26.1. The number of aromatic amines is 1. The van der Waals surface area contributed by atoms with Gasteiger partial charge in [0, 0.05) is 17.8 Å². The summed E-state index contributed by atoms with van der Waals surface area (Å²) in [6, 6.07) is 15.6. The third kappa shape index (κ3) is 5.50. The van der Waals surface area contributed by atoms with Crippen molar-refractivity contribution >= 4 is 0 Å². The molecule has 0 aliphatic rings. The van der Waals surface area contributed by atoms with Gasteiger partial charge in [-0.05, 0) is 41.5 Å². The second-order valence-electron chi connectivity index (χ2n) is 7.90. The normalized spacial score (nSPS) is 10.9. The van der Waals surface area contributed by atoms with E-state index in [9.17, 15) is 9.59 Å². The molecule has 1 aromatic heterocycles. The van der Waals surface area contributed by atoms with Crippen LogP contribution in [0.25, 0.3) is 5.69 Å². The maximum absolute atomic E-state index is 12.3. The summed E-state index contributed by atoms with van der Waals surface area (Å²) < 4.78 is 7.25. The van der Waals surface area contributed by atoms with Crippen molar-refractivity contribution in [2.24, 2.45) is 0 Å². The second-order valence-corrected chi connectivity index (χ2v) is 7.90. The van der Waals surface area contributed by atoms with Gasteiger partial charge in [0.2, 0.25) is 0 Å². The fraction of sp³-hybridized carbons (Fsp3) is 0.360. The number of benzene rings is 2. The Kier molecular flexibility index (Phi) is 7.81. The van der Waals surface area contributed by atoms with Gasteiger partial charge in [0.1, 0.15) is 5.75 Å². The first-order chi connectivity index (χ1) is 14.3. The van der Waals surface area contributed by atoms with E-state index in [0.29, 0.717) is 0 Å². The number of nitrogens with zero attached hydrogens (tertiary/aromatic N) is 1. The molecule has 0 aliphatic carbocycles. The minimum absolute atomic E-state index is 0.172. The average molecular weight is 409 g/mol. The van der Waals surface area contributed by atoms with E-state index in [-0.39, 0.29) is 5.41 Å². The number of nitrogens with one attached hydrogen (secondary N) is 1. The zero-order valence-electron chi connectivity index (χ0n) is 18.8. The summed E-state index contributed by atoms with van der Waals surface area (Å²) in [5, 5.41) is 0. The summed E-state index contributed by atoms with van der Waals surface area (Å²) >= 11 is 0. The smallest absolute Gasteiger partial charge is 0.332 e. The zero-order valence-corrected chi connectivity index (χ0v) is 18.8. The van der Waals surface area contributed by atoms with Gasteiger partial charge in [0.15, 0.2) is 0 Å². The van der Waals surface area contributed by atoms with E-state index >= 15 is 0 Å². The van der Waals surface area contributed by atoms with Gasteiger partial charge in [-0.2, -0.15) is 0 Å². The summed E-state index contributed by atoms with van der Waals surface area (Å²) in [7, 11) is 1.68. The first-order valence-corrected chi connectivity index (χ1v) is 10.4. The monoisotopic (exact) mass is 408 g/mol. The molecule has 0 saturated heterocycles. The van der Waals surface area contributed by atoms with E-state index < -0.39 is 11.2 Å². The molecule has 3 rings (SSSR count). The van der Waals surface area contributed by atoms with Gasteiger partial charge in [0.25, 0.3) is 5.56 Å². The molecule has 160 valence electrons. The number of hydrogen-bond acceptors (Lipinski definition) is 3. The quantitative estimate of drug-likeness (QED) is 0.669. The Morgan fingerprint density at radius 2 is 1.63 bits per heavy atom. The SMILES string of the molecule is CC.COc1c(CCc2ccccc2)cc(-n2ccc(=O)[nH]c2=O)cc1C(C)(C)C. The molecule has 0 unspecified atom stereocenters. The average Bonchev–Trinajstić information content (AvgIpc) is 2.73. The van der Waals surface area contributed by atoms with Crippen LogP contribution >= 0.6 is 0 Å². The molecule has 0 atom stereocenters. The molecule has 0 spiro atoms. The van der Waals surface area contributed by atoms with Crippen LogP contribution < -0.4 is 16.0 Å². The Morgan fingerprint density at radius 3 is 2.20 bits per heavy atom. The molecular weight excluding hydrogens is 376 g/mol. The lowest BCUT2D eigenvalue weighted by atomic mass is 9.84. The number of methoxy groups -OCH3 is 1. The first kappa shape index (κ1) is 23.2. The van der Waals surface area contributed by atoms with Crippen LogP contribution in [-0.4, -0.2) is 16.7 Å². The molecule has 1 heterocycles. The van der Waals surface area contributed by atoms with Crippen LogP contribution in [0.15, 0.2) is 64.3 Å². The van der Waals surface area contributed by atoms with Crippen molar-refractivity contribution in [2.75, 3.05) is 7.11 Å². The van der Waals surface area contributed by atoms with Crippen molar-refractivity contribution in [3.8, 4) is 11.4 Å². The zero-order chi connectivity index (χ0) is 22.3. The molecular formula is C25H32N2O3. The minimum Gasteiger partial charge on any atom is -0.496 e. The third-order valence-electron chi connectivity index (χ3n) is 4.79. The lowest BCUT2D eigenvalue weighted by Crippen LogP contribution is -2.28. The topological polar surface area (TPSA) is 64.1 Å². The van der Waals surface area contributed by atoms with E-state index in [1.165, 1.54) is 22.4 Å². The Bertz CT molecular complexity index is 1070. The summed E-state index contributed by atoms with van der Waals surface area (Å²) in [6.07, 6.45) is 3.16. The van der Waals surface area contributed by atoms with Crippen molar-refractivity contribution in [3.63, 3.8) is 0 Å². The third-order valence-corrected chi connectivity index (χ3v) is 4.79. The van der Waals surface area contributed by atoms with E-state index in [2.05, 4.69) is 37.9 Å². The molecule has 0 aliphatic heterocycles. The number of ether oxygens (including phenoxy) is 1. The summed E-state index contributed by atoms with van der Waals surface area (Å²) in [5.41, 5.74) is 2.99. The number of hydrogen-bond donors (Lipinski definition) is 1. The van der Waals surface area contributed by atoms with E-state index in [4.69, 9.17) is 4.74 Å². The van der Waals surface area contributed by atoms with Crippen LogP contribution in [0.2, 0.25) is 0 Å². The minimum atomic E-state index is -0.452. The Morgan fingerprint density at radius 1 is 0.967 bits per heavy atom. The highest BCUT2D eigenvalue weighted by molar-refractivity contribution is 5.53. The summed E-state index contributed by atoms with van der Waals surface area (Å²) in [6.45, 7) is 10.3. The van der Waals surface area contributed by atoms with Gasteiger partial charge < -0.3 is 4.74 Å². The molecule has 1 N–H and O–H groups in total. The van der Waals surface area contributed by atoms with Crippen LogP contribution in [0.5, 0.6) is 5.75 Å². The Hall–Kier alpha value is -3.08. The molecule has 5 heteroatoms. The predicted octanol–water partition coefficient (Wildman–Crippen LogP) is 4.64. The number of rotatable bonds is 5. The number of aryl methyl sites for hydroxylation is 2. The van der Waals surface area contributed by atoms with Crippen LogP contribution in [0, 0.1) is 0 Å². The van der Waals surface area contributed by atoms with Crippen molar-refractivity contribution in [1.29, 1.82) is 0 Å². The molecule has 3 aromatic rings. The van der Waals surface area contributed by atoms with Crippen LogP contribution in [-0.2, 0) is 18.3 Å². The van der Waals surface area contributed by atoms with Gasteiger partial charge in [0.05, 0.1) is 12.8 Å². The number of aromatic nitrogens is 2. The highest BCUT2D eigenvalue weighted by atomic mass is 16.5. The lowest BCUT2D eigenvalue weighted by molar-refractivity contribution is 0.392. The van der Waals surface area contributed by atoms with Gasteiger partial charge in [-0.15, -0.1) is 0 Å². The predicted molar refractivity (Wildman–Crippen MR) is 123 cm³/mol. The fourth-order valence-electron chi connectivity index (χ4n) is 3.34. The lowest BCUT2D eigenvalue weighted by Gasteiger charge is -2.25. The fourth-order valence-corrected chi connectivity index (χ4v) is 3.34. The molecule has 5 nitrogen and oxygen atoms in total. The first-order valence-electron chi connectivity index (χ1n) is 10.4. The molecule has 0 fully saturated rings. The molecule has 0 bridgehead atoms. The molecule has 2 aromatic carbocycles. The van der Waals surface area contributed by atoms with Gasteiger partial charge in [-0.1, -0.05) is 65.0 Å². The van der Waals surface area contributed by atoms with Crippen molar-refractivity contribution in [2.45, 2.75) is 52.9 Å². The standard InChI is InChI=1S/C23H26N2O3.C2H6/c1-23(2,3)19-15-18(25-13-12-20(26)24-22(25)27)14-17(21(19)28-4)11-10-16-8-6-5-7-9-16;1-2/h5-9,12-15H,10-11H2,1-4H3,(H,24,26,27);1-2H3. The largest absolute Gasteiger partial charge is 0.496 e.